The van der Waals surface area contributed by atoms with E-state index in [1.165, 1.54) is 12.8 Å². The number of nitrogens with one attached hydrogen (secondary N) is 1. The van der Waals surface area contributed by atoms with Crippen molar-refractivity contribution in [1.29, 1.82) is 0 Å². The first-order valence-electron chi connectivity index (χ1n) is 7.91. The minimum absolute atomic E-state index is 0.0419. The van der Waals surface area contributed by atoms with Crippen LogP contribution in [0.2, 0.25) is 0 Å². The molecule has 0 atom stereocenters. The molecule has 1 amide bonds. The van der Waals surface area contributed by atoms with Crippen LogP contribution in [-0.4, -0.2) is 5.91 Å². The van der Waals surface area contributed by atoms with Gasteiger partial charge in [0.2, 0.25) is 5.91 Å². The molecule has 0 aromatic heterocycles. The molecule has 0 radical (unpaired) electrons. The number of anilines is 1. The zero-order valence-electron chi connectivity index (χ0n) is 13.0. The molecule has 2 aromatic carbocycles. The summed E-state index contributed by atoms with van der Waals surface area (Å²) in [5.74, 6) is 1.46. The lowest BCUT2D eigenvalue weighted by Gasteiger charge is -2.12. The van der Waals surface area contributed by atoms with E-state index in [1.807, 2.05) is 54.6 Å². The molecule has 0 saturated carbocycles. The summed E-state index contributed by atoms with van der Waals surface area (Å²) in [4.78, 5) is 12.0. The number of para-hydroxylation sites is 3. The molecular formula is C19H23NO2. The topological polar surface area (TPSA) is 38.3 Å². The Morgan fingerprint density at radius 3 is 2.45 bits per heavy atom. The molecule has 22 heavy (non-hydrogen) atoms. The Morgan fingerprint density at radius 1 is 0.955 bits per heavy atom. The first-order chi connectivity index (χ1) is 10.8. The largest absolute Gasteiger partial charge is 0.455 e. The normalized spacial score (nSPS) is 10.2. The Labute approximate surface area is 132 Å². The zero-order chi connectivity index (χ0) is 15.6. The van der Waals surface area contributed by atoms with Crippen molar-refractivity contribution in [3.63, 3.8) is 0 Å². The lowest BCUT2D eigenvalue weighted by Crippen LogP contribution is -2.11. The van der Waals surface area contributed by atoms with Crippen molar-refractivity contribution in [2.45, 2.75) is 39.0 Å². The molecule has 0 fully saturated rings. The van der Waals surface area contributed by atoms with Crippen molar-refractivity contribution in [2.75, 3.05) is 5.32 Å². The summed E-state index contributed by atoms with van der Waals surface area (Å²) in [6, 6.07) is 17.1. The van der Waals surface area contributed by atoms with Crippen molar-refractivity contribution in [1.82, 2.24) is 0 Å². The van der Waals surface area contributed by atoms with Gasteiger partial charge in [0.1, 0.15) is 5.75 Å². The Morgan fingerprint density at radius 2 is 1.68 bits per heavy atom. The highest BCUT2D eigenvalue weighted by molar-refractivity contribution is 5.92. The Hall–Kier alpha value is -2.29. The fourth-order valence-electron chi connectivity index (χ4n) is 2.20. The quantitative estimate of drug-likeness (QED) is 0.663. The third-order valence-corrected chi connectivity index (χ3v) is 3.39. The van der Waals surface area contributed by atoms with Gasteiger partial charge in [-0.2, -0.15) is 0 Å². The minimum atomic E-state index is 0.0419. The third-order valence-electron chi connectivity index (χ3n) is 3.39. The van der Waals surface area contributed by atoms with Gasteiger partial charge in [0, 0.05) is 6.42 Å². The highest BCUT2D eigenvalue weighted by Gasteiger charge is 2.08. The SMILES string of the molecule is CCCCCCC(=O)Nc1ccccc1Oc1ccccc1. The second kappa shape index (κ2) is 8.88. The first-order valence-corrected chi connectivity index (χ1v) is 7.91. The van der Waals surface area contributed by atoms with E-state index in [0.717, 1.165) is 18.6 Å². The van der Waals surface area contributed by atoms with E-state index in [2.05, 4.69) is 12.2 Å². The van der Waals surface area contributed by atoms with Crippen LogP contribution in [0.25, 0.3) is 0 Å². The molecule has 3 heteroatoms. The number of hydrogen-bond acceptors (Lipinski definition) is 2. The van der Waals surface area contributed by atoms with Crippen LogP contribution in [-0.2, 0) is 4.79 Å². The molecule has 0 bridgehead atoms. The van der Waals surface area contributed by atoms with E-state index < -0.39 is 0 Å². The van der Waals surface area contributed by atoms with E-state index in [4.69, 9.17) is 4.74 Å². The van der Waals surface area contributed by atoms with Crippen molar-refractivity contribution in [3.8, 4) is 11.5 Å². The molecule has 0 heterocycles. The van der Waals surface area contributed by atoms with Gasteiger partial charge in [-0.15, -0.1) is 0 Å². The minimum Gasteiger partial charge on any atom is -0.455 e. The van der Waals surface area contributed by atoms with E-state index in [-0.39, 0.29) is 5.91 Å². The van der Waals surface area contributed by atoms with Crippen LogP contribution in [0, 0.1) is 0 Å². The molecule has 0 aliphatic heterocycles. The standard InChI is InChI=1S/C19H23NO2/c1-2-3-4-8-15-19(21)20-17-13-9-10-14-18(17)22-16-11-6-5-7-12-16/h5-7,9-14H,2-4,8,15H2,1H3,(H,20,21). The number of carbonyl (C=O) groups is 1. The summed E-state index contributed by atoms with van der Waals surface area (Å²) >= 11 is 0. The molecule has 0 aliphatic rings. The number of benzene rings is 2. The van der Waals surface area contributed by atoms with Crippen LogP contribution in [0.1, 0.15) is 39.0 Å². The molecule has 0 aliphatic carbocycles. The molecule has 116 valence electrons. The van der Waals surface area contributed by atoms with E-state index in [0.29, 0.717) is 17.9 Å². The molecule has 3 nitrogen and oxygen atoms in total. The van der Waals surface area contributed by atoms with Gasteiger partial charge in [0.05, 0.1) is 5.69 Å². The average Bonchev–Trinajstić information content (AvgIpc) is 2.54. The molecule has 1 N–H and O–H groups in total. The van der Waals surface area contributed by atoms with E-state index >= 15 is 0 Å². The lowest BCUT2D eigenvalue weighted by atomic mass is 10.1. The van der Waals surface area contributed by atoms with Crippen LogP contribution in [0.15, 0.2) is 54.6 Å². The van der Waals surface area contributed by atoms with Crippen LogP contribution >= 0.6 is 0 Å². The monoisotopic (exact) mass is 297 g/mol. The summed E-state index contributed by atoms with van der Waals surface area (Å²) < 4.78 is 5.84. The number of ether oxygens (including phenoxy) is 1. The van der Waals surface area contributed by atoms with Crippen molar-refractivity contribution in [2.24, 2.45) is 0 Å². The fraction of sp³-hybridized carbons (Fsp3) is 0.316. The highest BCUT2D eigenvalue weighted by Crippen LogP contribution is 2.29. The van der Waals surface area contributed by atoms with E-state index in [9.17, 15) is 4.79 Å². The zero-order valence-corrected chi connectivity index (χ0v) is 13.0. The fourth-order valence-corrected chi connectivity index (χ4v) is 2.20. The lowest BCUT2D eigenvalue weighted by molar-refractivity contribution is -0.116. The smallest absolute Gasteiger partial charge is 0.224 e. The van der Waals surface area contributed by atoms with Crippen LogP contribution in [0.4, 0.5) is 5.69 Å². The average molecular weight is 297 g/mol. The summed E-state index contributed by atoms with van der Waals surface area (Å²) in [5.41, 5.74) is 0.715. The molecule has 0 unspecified atom stereocenters. The number of unbranched alkanes of at least 4 members (excludes halogenated alkanes) is 3. The maximum atomic E-state index is 12.0. The molecule has 2 rings (SSSR count). The number of amides is 1. The van der Waals surface area contributed by atoms with Gasteiger partial charge in [0.25, 0.3) is 0 Å². The Kier molecular flexibility index (Phi) is 6.49. The van der Waals surface area contributed by atoms with Crippen molar-refractivity contribution >= 4 is 11.6 Å². The van der Waals surface area contributed by atoms with Crippen molar-refractivity contribution in [3.05, 3.63) is 54.6 Å². The summed E-state index contributed by atoms with van der Waals surface area (Å²) in [6.45, 7) is 2.16. The Bertz CT molecular complexity index is 581. The van der Waals surface area contributed by atoms with Gasteiger partial charge >= 0.3 is 0 Å². The molecule has 0 saturated heterocycles. The second-order valence-electron chi connectivity index (χ2n) is 5.27. The third kappa shape index (κ3) is 5.24. The van der Waals surface area contributed by atoms with E-state index in [1.54, 1.807) is 0 Å². The van der Waals surface area contributed by atoms with Gasteiger partial charge in [0.15, 0.2) is 5.75 Å². The second-order valence-corrected chi connectivity index (χ2v) is 5.27. The van der Waals surface area contributed by atoms with Gasteiger partial charge in [-0.1, -0.05) is 56.5 Å². The van der Waals surface area contributed by atoms with Crippen LogP contribution in [0.3, 0.4) is 0 Å². The number of rotatable bonds is 8. The highest BCUT2D eigenvalue weighted by atomic mass is 16.5. The summed E-state index contributed by atoms with van der Waals surface area (Å²) in [6.07, 6.45) is 4.95. The molecule has 0 spiro atoms. The summed E-state index contributed by atoms with van der Waals surface area (Å²) in [5, 5.41) is 2.94. The molecule has 2 aromatic rings. The first kappa shape index (κ1) is 16.1. The maximum absolute atomic E-state index is 12.0. The van der Waals surface area contributed by atoms with Gasteiger partial charge in [-0.3, -0.25) is 4.79 Å². The van der Waals surface area contributed by atoms with Gasteiger partial charge in [-0.05, 0) is 30.7 Å². The maximum Gasteiger partial charge on any atom is 0.224 e. The van der Waals surface area contributed by atoms with Gasteiger partial charge < -0.3 is 10.1 Å². The predicted octanol–water partition coefficient (Wildman–Crippen LogP) is 5.39. The predicted molar refractivity (Wildman–Crippen MR) is 90.3 cm³/mol. The number of carbonyl (C=O) groups excluding carboxylic acids is 1. The number of hydrogen-bond donors (Lipinski definition) is 1. The van der Waals surface area contributed by atoms with Gasteiger partial charge in [-0.25, -0.2) is 0 Å². The molecular weight excluding hydrogens is 274 g/mol. The summed E-state index contributed by atoms with van der Waals surface area (Å²) in [7, 11) is 0. The van der Waals surface area contributed by atoms with Crippen LogP contribution in [0.5, 0.6) is 11.5 Å². The van der Waals surface area contributed by atoms with Crippen molar-refractivity contribution < 1.29 is 9.53 Å². The Balaban J connectivity index is 1.95. The van der Waals surface area contributed by atoms with Crippen LogP contribution < -0.4 is 10.1 Å².